The molecular weight excluding hydrogens is 193 g/mol. The number of benzene rings is 1. The minimum absolute atomic E-state index is 0.0936. The quantitative estimate of drug-likeness (QED) is 0.792. The Morgan fingerprint density at radius 2 is 1.87 bits per heavy atom. The fourth-order valence-electron chi connectivity index (χ4n) is 2.46. The van der Waals surface area contributed by atoms with Gasteiger partial charge < -0.3 is 5.73 Å². The van der Waals surface area contributed by atoms with Crippen LogP contribution in [0.25, 0.3) is 0 Å². The van der Waals surface area contributed by atoms with Gasteiger partial charge in [0.2, 0.25) is 5.91 Å². The van der Waals surface area contributed by atoms with Crippen molar-refractivity contribution in [2.75, 3.05) is 0 Å². The Morgan fingerprint density at radius 3 is 2.27 bits per heavy atom. The van der Waals surface area contributed by atoms with Gasteiger partial charge in [-0.3, -0.25) is 4.79 Å². The number of carbonyl (C=O) groups is 1. The molecule has 0 bridgehead atoms. The van der Waals surface area contributed by atoms with Gasteiger partial charge in [-0.1, -0.05) is 26.0 Å². The second kappa shape index (κ2) is 3.05. The molecule has 0 saturated heterocycles. The molecule has 0 aliphatic heterocycles. The molecular formula is C12H14FNO. The van der Waals surface area contributed by atoms with Crippen LogP contribution >= 0.6 is 0 Å². The van der Waals surface area contributed by atoms with Crippen LogP contribution in [0.1, 0.15) is 25.3 Å². The van der Waals surface area contributed by atoms with Crippen LogP contribution in [0, 0.1) is 17.2 Å². The average Bonchev–Trinajstić information content (AvgIpc) is 2.70. The molecule has 1 fully saturated rings. The first-order valence-corrected chi connectivity index (χ1v) is 4.99. The van der Waals surface area contributed by atoms with E-state index in [1.54, 1.807) is 12.1 Å². The SMILES string of the molecule is CC1(C)[C@@H](C(N)=O)[C@@H]1c1ccc(F)cc1. The monoisotopic (exact) mass is 207 g/mol. The molecule has 1 aliphatic rings. The highest BCUT2D eigenvalue weighted by molar-refractivity contribution is 5.83. The molecule has 3 heteroatoms. The summed E-state index contributed by atoms with van der Waals surface area (Å²) < 4.78 is 12.7. The number of nitrogens with two attached hydrogens (primary N) is 1. The molecule has 2 N–H and O–H groups in total. The second-order valence-electron chi connectivity index (χ2n) is 4.73. The highest BCUT2D eigenvalue weighted by Gasteiger charge is 2.61. The smallest absolute Gasteiger partial charge is 0.221 e. The van der Waals surface area contributed by atoms with Crippen LogP contribution in [0.4, 0.5) is 4.39 Å². The Hall–Kier alpha value is -1.38. The fraction of sp³-hybridized carbons (Fsp3) is 0.417. The van der Waals surface area contributed by atoms with Crippen LogP contribution in [0.5, 0.6) is 0 Å². The lowest BCUT2D eigenvalue weighted by Crippen LogP contribution is -2.16. The Labute approximate surface area is 88.3 Å². The van der Waals surface area contributed by atoms with Crippen molar-refractivity contribution >= 4 is 5.91 Å². The summed E-state index contributed by atoms with van der Waals surface area (Å²) >= 11 is 0. The maximum absolute atomic E-state index is 12.7. The molecule has 0 unspecified atom stereocenters. The summed E-state index contributed by atoms with van der Waals surface area (Å²) in [5, 5.41) is 0. The lowest BCUT2D eigenvalue weighted by Gasteiger charge is -2.01. The zero-order chi connectivity index (χ0) is 11.2. The summed E-state index contributed by atoms with van der Waals surface area (Å²) in [4.78, 5) is 11.2. The molecule has 80 valence electrons. The van der Waals surface area contributed by atoms with Crippen LogP contribution in [-0.2, 0) is 4.79 Å². The van der Waals surface area contributed by atoms with E-state index in [1.165, 1.54) is 12.1 Å². The summed E-state index contributed by atoms with van der Waals surface area (Å²) in [6.45, 7) is 4.02. The van der Waals surface area contributed by atoms with Crippen LogP contribution in [-0.4, -0.2) is 5.91 Å². The summed E-state index contributed by atoms with van der Waals surface area (Å²) in [7, 11) is 0. The average molecular weight is 207 g/mol. The lowest BCUT2D eigenvalue weighted by molar-refractivity contribution is -0.119. The highest BCUT2D eigenvalue weighted by Crippen LogP contribution is 2.64. The largest absolute Gasteiger partial charge is 0.369 e. The van der Waals surface area contributed by atoms with Gasteiger partial charge in [-0.15, -0.1) is 0 Å². The van der Waals surface area contributed by atoms with Gasteiger partial charge in [0.05, 0.1) is 5.92 Å². The lowest BCUT2D eigenvalue weighted by atomic mass is 10.0. The first-order valence-electron chi connectivity index (χ1n) is 4.99. The molecule has 0 spiro atoms. The van der Waals surface area contributed by atoms with Crippen molar-refractivity contribution in [1.29, 1.82) is 0 Å². The van der Waals surface area contributed by atoms with Crippen molar-refractivity contribution in [1.82, 2.24) is 0 Å². The van der Waals surface area contributed by atoms with Gasteiger partial charge >= 0.3 is 0 Å². The molecule has 15 heavy (non-hydrogen) atoms. The van der Waals surface area contributed by atoms with Crippen molar-refractivity contribution in [3.8, 4) is 0 Å². The van der Waals surface area contributed by atoms with Gasteiger partial charge in [0.15, 0.2) is 0 Å². The van der Waals surface area contributed by atoms with E-state index in [9.17, 15) is 9.18 Å². The van der Waals surface area contributed by atoms with E-state index < -0.39 is 0 Å². The highest BCUT2D eigenvalue weighted by atomic mass is 19.1. The Bertz CT molecular complexity index is 397. The van der Waals surface area contributed by atoms with Crippen molar-refractivity contribution in [3.63, 3.8) is 0 Å². The molecule has 1 aliphatic carbocycles. The topological polar surface area (TPSA) is 43.1 Å². The van der Waals surface area contributed by atoms with Crippen LogP contribution < -0.4 is 5.73 Å². The van der Waals surface area contributed by atoms with E-state index in [2.05, 4.69) is 0 Å². The first kappa shape index (κ1) is 10.1. The van der Waals surface area contributed by atoms with Gasteiger partial charge in [0.1, 0.15) is 5.82 Å². The van der Waals surface area contributed by atoms with E-state index in [0.717, 1.165) is 5.56 Å². The van der Waals surface area contributed by atoms with E-state index in [0.29, 0.717) is 0 Å². The number of primary amides is 1. The van der Waals surface area contributed by atoms with E-state index in [1.807, 2.05) is 13.8 Å². The molecule has 1 saturated carbocycles. The summed E-state index contributed by atoms with van der Waals surface area (Å²) in [5.74, 6) is -0.513. The fourth-order valence-corrected chi connectivity index (χ4v) is 2.46. The number of hydrogen-bond donors (Lipinski definition) is 1. The van der Waals surface area contributed by atoms with E-state index >= 15 is 0 Å². The second-order valence-corrected chi connectivity index (χ2v) is 4.73. The van der Waals surface area contributed by atoms with Gasteiger partial charge in [-0.2, -0.15) is 0 Å². The standard InChI is InChI=1S/C12H14FNO/c1-12(2)9(10(12)11(14)15)7-3-5-8(13)6-4-7/h3-6,9-10H,1-2H3,(H2,14,15)/t9-,10+/m0/s1. The zero-order valence-corrected chi connectivity index (χ0v) is 8.83. The minimum atomic E-state index is -0.269. The summed E-state index contributed by atoms with van der Waals surface area (Å²) in [6.07, 6.45) is 0. The number of carbonyl (C=O) groups excluding carboxylic acids is 1. The molecule has 0 radical (unpaired) electrons. The summed E-state index contributed by atoms with van der Waals surface area (Å²) in [6, 6.07) is 6.29. The Morgan fingerprint density at radius 1 is 1.33 bits per heavy atom. The molecule has 1 aromatic rings. The van der Waals surface area contributed by atoms with Gasteiger partial charge in [-0.05, 0) is 23.1 Å². The van der Waals surface area contributed by atoms with E-state index in [-0.39, 0.29) is 29.0 Å². The molecule has 2 rings (SSSR count). The third-order valence-corrected chi connectivity index (χ3v) is 3.36. The predicted octanol–water partition coefficient (Wildman–Crippen LogP) is 2.05. The van der Waals surface area contributed by atoms with Crippen LogP contribution in [0.3, 0.4) is 0 Å². The van der Waals surface area contributed by atoms with Crippen molar-refractivity contribution in [2.24, 2.45) is 17.1 Å². The van der Waals surface area contributed by atoms with Crippen LogP contribution in [0.2, 0.25) is 0 Å². The molecule has 2 atom stereocenters. The van der Waals surface area contributed by atoms with Crippen molar-refractivity contribution in [3.05, 3.63) is 35.6 Å². The number of halogens is 1. The van der Waals surface area contributed by atoms with Crippen molar-refractivity contribution < 1.29 is 9.18 Å². The predicted molar refractivity (Wildman–Crippen MR) is 55.6 cm³/mol. The zero-order valence-electron chi connectivity index (χ0n) is 8.83. The van der Waals surface area contributed by atoms with Gasteiger partial charge in [0, 0.05) is 5.92 Å². The number of amides is 1. The molecule has 1 aromatic carbocycles. The molecule has 2 nitrogen and oxygen atoms in total. The maximum Gasteiger partial charge on any atom is 0.221 e. The number of hydrogen-bond acceptors (Lipinski definition) is 1. The molecule has 1 amide bonds. The molecule has 0 aromatic heterocycles. The summed E-state index contributed by atoms with van der Waals surface area (Å²) in [5.41, 5.74) is 6.22. The number of rotatable bonds is 2. The normalized spacial score (nSPS) is 27.4. The van der Waals surface area contributed by atoms with Gasteiger partial charge in [-0.25, -0.2) is 4.39 Å². The van der Waals surface area contributed by atoms with Crippen LogP contribution in [0.15, 0.2) is 24.3 Å². The molecule has 0 heterocycles. The van der Waals surface area contributed by atoms with Gasteiger partial charge in [0.25, 0.3) is 0 Å². The van der Waals surface area contributed by atoms with E-state index in [4.69, 9.17) is 5.73 Å². The Balaban J connectivity index is 2.27. The minimum Gasteiger partial charge on any atom is -0.369 e. The van der Waals surface area contributed by atoms with Crippen molar-refractivity contribution in [2.45, 2.75) is 19.8 Å². The Kier molecular flexibility index (Phi) is 2.07. The third kappa shape index (κ3) is 1.52. The third-order valence-electron chi connectivity index (χ3n) is 3.36. The first-order chi connectivity index (χ1) is 6.94. The maximum atomic E-state index is 12.7.